The highest BCUT2D eigenvalue weighted by atomic mass is 16.5. The summed E-state index contributed by atoms with van der Waals surface area (Å²) in [4.78, 5) is 14.2. The van der Waals surface area contributed by atoms with Crippen molar-refractivity contribution in [2.45, 2.75) is 45.4 Å². The molecule has 0 saturated heterocycles. The largest absolute Gasteiger partial charge is 0.360 e. The molecule has 5 heteroatoms. The topological polar surface area (TPSA) is 70.1 Å². The van der Waals surface area contributed by atoms with Crippen molar-refractivity contribution in [1.82, 2.24) is 10.1 Å². The van der Waals surface area contributed by atoms with Gasteiger partial charge in [0.1, 0.15) is 5.76 Å². The van der Waals surface area contributed by atoms with Crippen molar-refractivity contribution in [2.24, 2.45) is 5.92 Å². The van der Waals surface area contributed by atoms with E-state index in [1.807, 2.05) is 20.8 Å². The fraction of sp³-hybridized carbons (Fsp3) is 0.667. The first-order valence-electron chi connectivity index (χ1n) is 7.05. The maximum atomic E-state index is 12.4. The second-order valence-electron chi connectivity index (χ2n) is 6.43. The molecule has 1 aliphatic carbocycles. The molecule has 1 saturated carbocycles. The minimum atomic E-state index is -0.167. The van der Waals surface area contributed by atoms with E-state index < -0.39 is 0 Å². The van der Waals surface area contributed by atoms with Crippen molar-refractivity contribution >= 4 is 5.91 Å². The molecule has 0 spiro atoms. The molecule has 0 unspecified atom stereocenters. The van der Waals surface area contributed by atoms with E-state index in [1.165, 1.54) is 12.8 Å². The average molecular weight is 275 g/mol. The standard InChI is InChI=1S/C15H21N3O2/c1-15(2,3)13-9-12(17-20-13)14(19)18(8-4-7-16)10-11-5-6-11/h9,11H,4-6,8,10H2,1-3H3. The van der Waals surface area contributed by atoms with Gasteiger partial charge in [0.15, 0.2) is 5.69 Å². The first-order valence-corrected chi connectivity index (χ1v) is 7.05. The summed E-state index contributed by atoms with van der Waals surface area (Å²) in [6, 6.07) is 3.81. The Morgan fingerprint density at radius 3 is 2.75 bits per heavy atom. The molecule has 0 aliphatic heterocycles. The molecule has 1 heterocycles. The lowest BCUT2D eigenvalue weighted by Gasteiger charge is -2.20. The van der Waals surface area contributed by atoms with E-state index in [4.69, 9.17) is 9.78 Å². The van der Waals surface area contributed by atoms with Crippen molar-refractivity contribution < 1.29 is 9.32 Å². The number of hydrogen-bond acceptors (Lipinski definition) is 4. The Morgan fingerprint density at radius 2 is 2.25 bits per heavy atom. The van der Waals surface area contributed by atoms with Gasteiger partial charge in [-0.05, 0) is 18.8 Å². The molecule has 2 rings (SSSR count). The van der Waals surface area contributed by atoms with Crippen LogP contribution in [-0.2, 0) is 5.41 Å². The number of carbonyl (C=O) groups is 1. The normalized spacial score (nSPS) is 14.9. The van der Waals surface area contributed by atoms with E-state index in [-0.39, 0.29) is 11.3 Å². The third-order valence-electron chi connectivity index (χ3n) is 3.42. The summed E-state index contributed by atoms with van der Waals surface area (Å²) in [5.74, 6) is 1.16. The minimum absolute atomic E-state index is 0.133. The first-order chi connectivity index (χ1) is 9.41. The van der Waals surface area contributed by atoms with Gasteiger partial charge in [0, 0.05) is 24.6 Å². The summed E-state index contributed by atoms with van der Waals surface area (Å²) in [5, 5.41) is 12.6. The zero-order chi connectivity index (χ0) is 14.8. The van der Waals surface area contributed by atoms with E-state index in [1.54, 1.807) is 11.0 Å². The van der Waals surface area contributed by atoms with Gasteiger partial charge in [-0.3, -0.25) is 4.79 Å². The monoisotopic (exact) mass is 275 g/mol. The molecule has 0 radical (unpaired) electrons. The molecule has 0 aromatic carbocycles. The maximum Gasteiger partial charge on any atom is 0.276 e. The van der Waals surface area contributed by atoms with Crippen molar-refractivity contribution in [3.8, 4) is 6.07 Å². The molecule has 0 atom stereocenters. The summed E-state index contributed by atoms with van der Waals surface area (Å²) in [6.45, 7) is 7.22. The van der Waals surface area contributed by atoms with Gasteiger partial charge >= 0.3 is 0 Å². The second kappa shape index (κ2) is 5.66. The molecular weight excluding hydrogens is 254 g/mol. The van der Waals surface area contributed by atoms with Crippen LogP contribution < -0.4 is 0 Å². The summed E-state index contributed by atoms with van der Waals surface area (Å²) < 4.78 is 5.26. The summed E-state index contributed by atoms with van der Waals surface area (Å²) in [6.07, 6.45) is 2.69. The molecule has 1 aromatic heterocycles. The molecule has 0 N–H and O–H groups in total. The van der Waals surface area contributed by atoms with Crippen LogP contribution in [0, 0.1) is 17.2 Å². The third-order valence-corrected chi connectivity index (χ3v) is 3.42. The minimum Gasteiger partial charge on any atom is -0.360 e. The molecule has 1 fully saturated rings. The van der Waals surface area contributed by atoms with Crippen molar-refractivity contribution in [3.63, 3.8) is 0 Å². The van der Waals surface area contributed by atoms with E-state index in [9.17, 15) is 4.79 Å². The smallest absolute Gasteiger partial charge is 0.276 e. The third kappa shape index (κ3) is 3.60. The zero-order valence-corrected chi connectivity index (χ0v) is 12.3. The number of aromatic nitrogens is 1. The number of hydrogen-bond donors (Lipinski definition) is 0. The highest BCUT2D eigenvalue weighted by Crippen LogP contribution is 2.30. The van der Waals surface area contributed by atoms with Gasteiger partial charge < -0.3 is 9.42 Å². The van der Waals surface area contributed by atoms with Crippen LogP contribution >= 0.6 is 0 Å². The Labute approximate surface area is 119 Å². The molecule has 0 bridgehead atoms. The first kappa shape index (κ1) is 14.6. The van der Waals surface area contributed by atoms with Crippen LogP contribution in [0.3, 0.4) is 0 Å². The number of amides is 1. The summed E-state index contributed by atoms with van der Waals surface area (Å²) in [5.41, 5.74) is 0.174. The lowest BCUT2D eigenvalue weighted by molar-refractivity contribution is 0.0740. The second-order valence-corrected chi connectivity index (χ2v) is 6.43. The Bertz CT molecular complexity index is 518. The van der Waals surface area contributed by atoms with Crippen LogP contribution in [0.25, 0.3) is 0 Å². The maximum absolute atomic E-state index is 12.4. The fourth-order valence-electron chi connectivity index (χ4n) is 1.96. The van der Waals surface area contributed by atoms with Gasteiger partial charge in [-0.1, -0.05) is 25.9 Å². The number of rotatable bonds is 5. The lowest BCUT2D eigenvalue weighted by atomic mass is 9.93. The Morgan fingerprint density at radius 1 is 1.55 bits per heavy atom. The van der Waals surface area contributed by atoms with E-state index in [2.05, 4.69) is 11.2 Å². The summed E-state index contributed by atoms with van der Waals surface area (Å²) >= 11 is 0. The molecule has 1 aromatic rings. The van der Waals surface area contributed by atoms with Crippen molar-refractivity contribution in [3.05, 3.63) is 17.5 Å². The van der Waals surface area contributed by atoms with Crippen LogP contribution in [0.2, 0.25) is 0 Å². The lowest BCUT2D eigenvalue weighted by Crippen LogP contribution is -2.34. The Hall–Kier alpha value is -1.83. The van der Waals surface area contributed by atoms with Crippen LogP contribution in [0.4, 0.5) is 0 Å². The van der Waals surface area contributed by atoms with Crippen LogP contribution in [0.1, 0.15) is 56.3 Å². The summed E-state index contributed by atoms with van der Waals surface area (Å²) in [7, 11) is 0. The van der Waals surface area contributed by atoms with Gasteiger partial charge in [0.05, 0.1) is 12.5 Å². The quantitative estimate of drug-likeness (QED) is 0.828. The van der Waals surface area contributed by atoms with E-state index in [0.29, 0.717) is 30.3 Å². The zero-order valence-electron chi connectivity index (χ0n) is 12.3. The van der Waals surface area contributed by atoms with E-state index in [0.717, 1.165) is 6.54 Å². The van der Waals surface area contributed by atoms with Gasteiger partial charge in [0.2, 0.25) is 0 Å². The van der Waals surface area contributed by atoms with E-state index >= 15 is 0 Å². The number of nitriles is 1. The average Bonchev–Trinajstić information content (AvgIpc) is 3.04. The van der Waals surface area contributed by atoms with Gasteiger partial charge in [-0.25, -0.2) is 0 Å². The van der Waals surface area contributed by atoms with Gasteiger partial charge in [-0.15, -0.1) is 0 Å². The molecule has 20 heavy (non-hydrogen) atoms. The predicted octanol–water partition coefficient (Wildman–Crippen LogP) is 2.74. The van der Waals surface area contributed by atoms with Crippen molar-refractivity contribution in [2.75, 3.05) is 13.1 Å². The Balaban J connectivity index is 2.09. The highest BCUT2D eigenvalue weighted by Gasteiger charge is 2.29. The van der Waals surface area contributed by atoms with Gasteiger partial charge in [0.25, 0.3) is 5.91 Å². The van der Waals surface area contributed by atoms with Gasteiger partial charge in [-0.2, -0.15) is 5.26 Å². The van der Waals surface area contributed by atoms with Crippen LogP contribution in [-0.4, -0.2) is 29.1 Å². The molecular formula is C15H21N3O2. The van der Waals surface area contributed by atoms with Crippen LogP contribution in [0.5, 0.6) is 0 Å². The highest BCUT2D eigenvalue weighted by molar-refractivity contribution is 5.92. The number of nitrogens with zero attached hydrogens (tertiary/aromatic N) is 3. The van der Waals surface area contributed by atoms with Crippen LogP contribution in [0.15, 0.2) is 10.6 Å². The number of carbonyl (C=O) groups excluding carboxylic acids is 1. The van der Waals surface area contributed by atoms with Crippen molar-refractivity contribution in [1.29, 1.82) is 5.26 Å². The predicted molar refractivity (Wildman–Crippen MR) is 74.1 cm³/mol. The molecule has 1 amide bonds. The Kier molecular flexibility index (Phi) is 4.12. The SMILES string of the molecule is CC(C)(C)c1cc(C(=O)N(CCC#N)CC2CC2)no1. The molecule has 5 nitrogen and oxygen atoms in total. The molecule has 108 valence electrons. The molecule has 1 aliphatic rings. The fourth-order valence-corrected chi connectivity index (χ4v) is 1.96.